The van der Waals surface area contributed by atoms with E-state index >= 15 is 0 Å². The summed E-state index contributed by atoms with van der Waals surface area (Å²) in [5, 5.41) is 9.72. The molecule has 1 unspecified atom stereocenters. The molecule has 2 amide bonds. The van der Waals surface area contributed by atoms with E-state index in [1.165, 1.54) is 0 Å². The van der Waals surface area contributed by atoms with Gasteiger partial charge in [0.25, 0.3) is 0 Å². The molecule has 0 aliphatic heterocycles. The van der Waals surface area contributed by atoms with E-state index in [1.54, 1.807) is 17.8 Å². The summed E-state index contributed by atoms with van der Waals surface area (Å²) in [6.45, 7) is 5.61. The minimum atomic E-state index is -0.287. The van der Waals surface area contributed by atoms with Crippen LogP contribution >= 0.6 is 0 Å². The Morgan fingerprint density at radius 1 is 1.42 bits per heavy atom. The highest BCUT2D eigenvalue weighted by molar-refractivity contribution is 5.88. The second kappa shape index (κ2) is 5.17. The van der Waals surface area contributed by atoms with Crippen LogP contribution in [0.25, 0.3) is 0 Å². The molecule has 1 atom stereocenters. The molecule has 0 bridgehead atoms. The Morgan fingerprint density at radius 2 is 2.16 bits per heavy atom. The Kier molecular flexibility index (Phi) is 3.59. The van der Waals surface area contributed by atoms with Crippen molar-refractivity contribution in [2.24, 2.45) is 7.05 Å². The van der Waals surface area contributed by atoms with Crippen LogP contribution < -0.4 is 10.6 Å². The highest BCUT2D eigenvalue weighted by Gasteiger charge is 2.13. The molecule has 2 heterocycles. The molecule has 6 heteroatoms. The highest BCUT2D eigenvalue weighted by Crippen LogP contribution is 2.16. The van der Waals surface area contributed by atoms with E-state index in [9.17, 15) is 4.79 Å². The van der Waals surface area contributed by atoms with E-state index in [1.807, 2.05) is 32.9 Å². The van der Waals surface area contributed by atoms with Crippen LogP contribution in [0.2, 0.25) is 0 Å². The summed E-state index contributed by atoms with van der Waals surface area (Å²) in [4.78, 5) is 11.9. The second-order valence-corrected chi connectivity index (χ2v) is 4.56. The van der Waals surface area contributed by atoms with Gasteiger partial charge in [0, 0.05) is 13.1 Å². The smallest absolute Gasteiger partial charge is 0.320 e. The number of carbonyl (C=O) groups excluding carboxylic acids is 1. The lowest BCUT2D eigenvalue weighted by Crippen LogP contribution is -2.31. The van der Waals surface area contributed by atoms with Gasteiger partial charge in [-0.3, -0.25) is 10.00 Å². The van der Waals surface area contributed by atoms with E-state index in [-0.39, 0.29) is 12.1 Å². The van der Waals surface area contributed by atoms with Crippen LogP contribution in [0.3, 0.4) is 0 Å². The number of hydrogen-bond acceptors (Lipinski definition) is 3. The summed E-state index contributed by atoms with van der Waals surface area (Å²) >= 11 is 0. The summed E-state index contributed by atoms with van der Waals surface area (Å²) < 4.78 is 7.09. The zero-order valence-electron chi connectivity index (χ0n) is 11.5. The van der Waals surface area contributed by atoms with Gasteiger partial charge in [-0.15, -0.1) is 0 Å². The fourth-order valence-electron chi connectivity index (χ4n) is 1.83. The van der Waals surface area contributed by atoms with Crippen LogP contribution in [0.5, 0.6) is 0 Å². The van der Waals surface area contributed by atoms with Gasteiger partial charge >= 0.3 is 6.03 Å². The third-order valence-electron chi connectivity index (χ3n) is 2.78. The Labute approximate surface area is 111 Å². The monoisotopic (exact) mass is 262 g/mol. The van der Waals surface area contributed by atoms with E-state index in [0.29, 0.717) is 5.82 Å². The van der Waals surface area contributed by atoms with Gasteiger partial charge in [0.15, 0.2) is 0 Å². The molecule has 19 heavy (non-hydrogen) atoms. The molecule has 0 aliphatic rings. The van der Waals surface area contributed by atoms with E-state index < -0.39 is 0 Å². The van der Waals surface area contributed by atoms with Crippen LogP contribution in [0.1, 0.15) is 30.2 Å². The molecule has 102 valence electrons. The zero-order valence-corrected chi connectivity index (χ0v) is 11.5. The largest absolute Gasteiger partial charge is 0.464 e. The molecule has 0 aliphatic carbocycles. The predicted molar refractivity (Wildman–Crippen MR) is 72.0 cm³/mol. The average Bonchev–Trinajstić information content (AvgIpc) is 2.86. The van der Waals surface area contributed by atoms with Crippen molar-refractivity contribution in [2.75, 3.05) is 5.32 Å². The number of hydrogen-bond donors (Lipinski definition) is 2. The molecule has 0 saturated heterocycles. The fourth-order valence-corrected chi connectivity index (χ4v) is 1.83. The number of anilines is 1. The first-order chi connectivity index (χ1) is 8.95. The zero-order chi connectivity index (χ0) is 14.0. The van der Waals surface area contributed by atoms with Crippen LogP contribution in [-0.4, -0.2) is 15.8 Å². The van der Waals surface area contributed by atoms with Crippen LogP contribution in [-0.2, 0) is 7.05 Å². The summed E-state index contributed by atoms with van der Waals surface area (Å²) in [7, 11) is 1.78. The van der Waals surface area contributed by atoms with E-state index in [0.717, 1.165) is 17.2 Å². The number of carbonyl (C=O) groups is 1. The van der Waals surface area contributed by atoms with Crippen molar-refractivity contribution in [1.82, 2.24) is 15.1 Å². The van der Waals surface area contributed by atoms with Gasteiger partial charge < -0.3 is 9.73 Å². The molecule has 2 aromatic heterocycles. The first kappa shape index (κ1) is 13.2. The molecule has 2 aromatic rings. The van der Waals surface area contributed by atoms with Crippen molar-refractivity contribution in [3.8, 4) is 0 Å². The van der Waals surface area contributed by atoms with Gasteiger partial charge in [-0.1, -0.05) is 0 Å². The normalized spacial score (nSPS) is 12.2. The standard InChI is InChI=1S/C13H18N4O2/c1-8-7-12(17(4)16-8)15-13(18)14-10(3)11-6-5-9(2)19-11/h5-7,10H,1-4H3,(H2,14,15,18). The minimum Gasteiger partial charge on any atom is -0.464 e. The van der Waals surface area contributed by atoms with Crippen LogP contribution in [0, 0.1) is 13.8 Å². The number of amides is 2. The van der Waals surface area contributed by atoms with E-state index in [2.05, 4.69) is 15.7 Å². The van der Waals surface area contributed by atoms with Crippen molar-refractivity contribution < 1.29 is 9.21 Å². The lowest BCUT2D eigenvalue weighted by atomic mass is 10.2. The number of furan rings is 1. The molecule has 0 fully saturated rings. The third kappa shape index (κ3) is 3.15. The summed E-state index contributed by atoms with van der Waals surface area (Å²) in [6, 6.07) is 5.05. The third-order valence-corrected chi connectivity index (χ3v) is 2.78. The van der Waals surface area contributed by atoms with Crippen LogP contribution in [0.4, 0.5) is 10.6 Å². The summed E-state index contributed by atoms with van der Waals surface area (Å²) in [6.07, 6.45) is 0. The van der Waals surface area contributed by atoms with Crippen molar-refractivity contribution in [3.05, 3.63) is 35.4 Å². The van der Waals surface area contributed by atoms with Gasteiger partial charge in [-0.25, -0.2) is 4.79 Å². The molecule has 0 radical (unpaired) electrons. The SMILES string of the molecule is Cc1cc(NC(=O)NC(C)c2ccc(C)o2)n(C)n1. The lowest BCUT2D eigenvalue weighted by Gasteiger charge is -2.12. The lowest BCUT2D eigenvalue weighted by molar-refractivity contribution is 0.247. The summed E-state index contributed by atoms with van der Waals surface area (Å²) in [5.41, 5.74) is 0.854. The minimum absolute atomic E-state index is 0.192. The number of aryl methyl sites for hydroxylation is 3. The maximum Gasteiger partial charge on any atom is 0.320 e. The molecule has 2 N–H and O–H groups in total. The number of aromatic nitrogens is 2. The van der Waals surface area contributed by atoms with Crippen molar-refractivity contribution in [2.45, 2.75) is 26.8 Å². The quantitative estimate of drug-likeness (QED) is 0.892. The number of urea groups is 1. The maximum atomic E-state index is 11.9. The Balaban J connectivity index is 1.96. The topological polar surface area (TPSA) is 72.1 Å². The first-order valence-electron chi connectivity index (χ1n) is 6.10. The molecule has 0 saturated carbocycles. The number of nitrogens with one attached hydrogen (secondary N) is 2. The maximum absolute atomic E-state index is 11.9. The molecule has 2 rings (SSSR count). The van der Waals surface area contributed by atoms with Crippen LogP contribution in [0.15, 0.2) is 22.6 Å². The molecule has 6 nitrogen and oxygen atoms in total. The van der Waals surface area contributed by atoms with Gasteiger partial charge in [0.1, 0.15) is 17.3 Å². The van der Waals surface area contributed by atoms with Gasteiger partial charge in [-0.2, -0.15) is 5.10 Å². The Morgan fingerprint density at radius 3 is 2.68 bits per heavy atom. The van der Waals surface area contributed by atoms with Crippen molar-refractivity contribution >= 4 is 11.8 Å². The molecular formula is C13H18N4O2. The number of rotatable bonds is 3. The summed E-state index contributed by atoms with van der Waals surface area (Å²) in [5.74, 6) is 2.21. The molecule has 0 aromatic carbocycles. The average molecular weight is 262 g/mol. The van der Waals surface area contributed by atoms with Gasteiger partial charge in [0.2, 0.25) is 0 Å². The Bertz CT molecular complexity index is 585. The van der Waals surface area contributed by atoms with Crippen molar-refractivity contribution in [1.29, 1.82) is 0 Å². The number of nitrogens with zero attached hydrogens (tertiary/aromatic N) is 2. The molecular weight excluding hydrogens is 244 g/mol. The second-order valence-electron chi connectivity index (χ2n) is 4.56. The molecule has 0 spiro atoms. The highest BCUT2D eigenvalue weighted by atomic mass is 16.3. The van der Waals surface area contributed by atoms with Gasteiger partial charge in [-0.05, 0) is 32.9 Å². The van der Waals surface area contributed by atoms with E-state index in [4.69, 9.17) is 4.42 Å². The Hall–Kier alpha value is -2.24. The fraction of sp³-hybridized carbons (Fsp3) is 0.385. The predicted octanol–water partition coefficient (Wildman–Crippen LogP) is 2.51. The first-order valence-corrected chi connectivity index (χ1v) is 6.10. The van der Waals surface area contributed by atoms with Crippen molar-refractivity contribution in [3.63, 3.8) is 0 Å². The van der Waals surface area contributed by atoms with Gasteiger partial charge in [0.05, 0.1) is 11.7 Å².